The molecule has 0 N–H and O–H groups in total. The maximum absolute atomic E-state index is 14.4. The van der Waals surface area contributed by atoms with Crippen molar-refractivity contribution in [1.29, 1.82) is 0 Å². The number of aryl methyl sites for hydroxylation is 1. The van der Waals surface area contributed by atoms with Crippen molar-refractivity contribution in [3.05, 3.63) is 69.9 Å². The zero-order valence-corrected chi connectivity index (χ0v) is 16.7. The van der Waals surface area contributed by atoms with Gasteiger partial charge in [-0.15, -0.1) is 0 Å². The van der Waals surface area contributed by atoms with Crippen LogP contribution in [0.5, 0.6) is 17.4 Å². The lowest BCUT2D eigenvalue weighted by Gasteiger charge is -2.16. The Hall–Kier alpha value is -3.49. The van der Waals surface area contributed by atoms with Gasteiger partial charge >= 0.3 is 5.69 Å². The number of ether oxygens (including phenoxy) is 2. The van der Waals surface area contributed by atoms with Crippen molar-refractivity contribution in [3.8, 4) is 17.4 Å². The van der Waals surface area contributed by atoms with Gasteiger partial charge in [-0.2, -0.15) is 4.98 Å². The summed E-state index contributed by atoms with van der Waals surface area (Å²) in [4.78, 5) is 22.0. The molecule has 0 spiro atoms. The van der Waals surface area contributed by atoms with Crippen molar-refractivity contribution in [3.63, 3.8) is 0 Å². The number of anilines is 1. The summed E-state index contributed by atoms with van der Waals surface area (Å²) in [5.41, 5.74) is 0.482. The second kappa shape index (κ2) is 7.74. The van der Waals surface area contributed by atoms with Crippen molar-refractivity contribution in [2.75, 3.05) is 11.9 Å². The highest BCUT2D eigenvalue weighted by atomic mass is 19.1. The lowest BCUT2D eigenvalue weighted by atomic mass is 10.2. The topological polar surface area (TPSA) is 69.5 Å². The van der Waals surface area contributed by atoms with Crippen LogP contribution in [0.25, 0.3) is 0 Å². The number of rotatable bonds is 5. The van der Waals surface area contributed by atoms with E-state index < -0.39 is 23.1 Å². The maximum atomic E-state index is 14.4. The highest BCUT2D eigenvalue weighted by Gasteiger charge is 2.25. The Morgan fingerprint density at radius 3 is 2.63 bits per heavy atom. The van der Waals surface area contributed by atoms with Crippen LogP contribution in [0.3, 0.4) is 0 Å². The average Bonchev–Trinajstić information content (AvgIpc) is 2.98. The molecule has 2 aromatic heterocycles. The van der Waals surface area contributed by atoms with Gasteiger partial charge in [0.2, 0.25) is 5.88 Å². The zero-order chi connectivity index (χ0) is 21.4. The van der Waals surface area contributed by atoms with E-state index in [4.69, 9.17) is 9.47 Å². The van der Waals surface area contributed by atoms with Crippen molar-refractivity contribution >= 4 is 5.82 Å². The van der Waals surface area contributed by atoms with Gasteiger partial charge in [-0.25, -0.2) is 13.6 Å². The van der Waals surface area contributed by atoms with Crippen LogP contribution < -0.4 is 20.1 Å². The van der Waals surface area contributed by atoms with E-state index in [0.29, 0.717) is 18.1 Å². The van der Waals surface area contributed by atoms with Crippen molar-refractivity contribution in [2.45, 2.75) is 33.0 Å². The summed E-state index contributed by atoms with van der Waals surface area (Å²) in [6.45, 7) is 4.14. The van der Waals surface area contributed by atoms with Gasteiger partial charge in [0.25, 0.3) is 0 Å². The molecule has 0 aliphatic carbocycles. The smallest absolute Gasteiger partial charge is 0.352 e. The number of halogens is 2. The van der Waals surface area contributed by atoms with Gasteiger partial charge in [-0.3, -0.25) is 9.55 Å². The van der Waals surface area contributed by atoms with E-state index in [1.54, 1.807) is 23.6 Å². The molecule has 3 heterocycles. The highest BCUT2D eigenvalue weighted by molar-refractivity contribution is 5.45. The number of benzene rings is 1. The van der Waals surface area contributed by atoms with E-state index in [0.717, 1.165) is 12.1 Å². The molecule has 4 rings (SSSR count). The van der Waals surface area contributed by atoms with E-state index in [1.807, 2.05) is 18.9 Å². The normalized spacial score (nSPS) is 15.2. The number of fused-ring (bicyclic) bond motifs is 1. The van der Waals surface area contributed by atoms with Gasteiger partial charge in [-0.1, -0.05) is 0 Å². The van der Waals surface area contributed by atoms with Crippen molar-refractivity contribution in [2.24, 2.45) is 0 Å². The highest BCUT2D eigenvalue weighted by Crippen LogP contribution is 2.29. The minimum absolute atomic E-state index is 0.0978. The summed E-state index contributed by atoms with van der Waals surface area (Å²) in [5, 5.41) is 0. The number of hydrogen-bond donors (Lipinski definition) is 0. The summed E-state index contributed by atoms with van der Waals surface area (Å²) in [6, 6.07) is 7.14. The Labute approximate surface area is 171 Å². The standard InChI is InChI=1S/C21H20F2N4O3/c1-12-6-15(4-5-24-12)30-20-16(22)7-14(8-17(20)23)11-29-18-9-19-26(3)13(2)10-27(19)21(28)25-18/h4-9,13H,10-11H2,1-3H3/t13-/m0/s1. The first-order valence-corrected chi connectivity index (χ1v) is 9.38. The molecular formula is C21H20F2N4O3. The summed E-state index contributed by atoms with van der Waals surface area (Å²) in [5.74, 6) is -1.16. The fourth-order valence-electron chi connectivity index (χ4n) is 3.27. The van der Waals surface area contributed by atoms with E-state index in [9.17, 15) is 13.6 Å². The summed E-state index contributed by atoms with van der Waals surface area (Å²) in [6.07, 6.45) is 1.49. The molecule has 0 radical (unpaired) electrons. The van der Waals surface area contributed by atoms with Gasteiger partial charge in [0.05, 0.1) is 0 Å². The SMILES string of the molecule is Cc1cc(Oc2c(F)cc(COc3cc4n(c(=O)n3)C[C@H](C)N4C)cc2F)ccn1. The fourth-order valence-corrected chi connectivity index (χ4v) is 3.27. The number of hydrogen-bond acceptors (Lipinski definition) is 6. The number of pyridine rings is 1. The second-order valence-electron chi connectivity index (χ2n) is 7.22. The first-order valence-electron chi connectivity index (χ1n) is 9.38. The minimum atomic E-state index is -0.862. The van der Waals surface area contributed by atoms with Gasteiger partial charge in [0.1, 0.15) is 18.2 Å². The second-order valence-corrected chi connectivity index (χ2v) is 7.22. The van der Waals surface area contributed by atoms with Crippen molar-refractivity contribution in [1.82, 2.24) is 14.5 Å². The first-order chi connectivity index (χ1) is 14.3. The summed E-state index contributed by atoms with van der Waals surface area (Å²) in [7, 11) is 1.88. The predicted octanol–water partition coefficient (Wildman–Crippen LogP) is 3.43. The molecule has 0 fully saturated rings. The molecule has 1 aliphatic rings. The van der Waals surface area contributed by atoms with Crippen LogP contribution in [0.1, 0.15) is 18.2 Å². The van der Waals surface area contributed by atoms with Crippen LogP contribution in [-0.2, 0) is 13.2 Å². The van der Waals surface area contributed by atoms with Crippen LogP contribution in [0.2, 0.25) is 0 Å². The van der Waals surface area contributed by atoms with E-state index in [-0.39, 0.29) is 29.8 Å². The largest absolute Gasteiger partial charge is 0.473 e. The third-order valence-corrected chi connectivity index (χ3v) is 4.97. The number of nitrogens with zero attached hydrogens (tertiary/aromatic N) is 4. The Bertz CT molecular complexity index is 1140. The van der Waals surface area contributed by atoms with Gasteiger partial charge in [-0.05, 0) is 37.6 Å². The molecular weight excluding hydrogens is 394 g/mol. The van der Waals surface area contributed by atoms with Gasteiger partial charge in [0, 0.05) is 43.7 Å². The monoisotopic (exact) mass is 414 g/mol. The molecule has 156 valence electrons. The summed E-state index contributed by atoms with van der Waals surface area (Å²) >= 11 is 0. The van der Waals surface area contributed by atoms with E-state index in [2.05, 4.69) is 9.97 Å². The minimum Gasteiger partial charge on any atom is -0.473 e. The van der Waals surface area contributed by atoms with Gasteiger partial charge in [0.15, 0.2) is 17.4 Å². The lowest BCUT2D eigenvalue weighted by Crippen LogP contribution is -2.23. The molecule has 1 aliphatic heterocycles. The van der Waals surface area contributed by atoms with Crippen LogP contribution in [0.15, 0.2) is 41.3 Å². The van der Waals surface area contributed by atoms with Crippen molar-refractivity contribution < 1.29 is 18.3 Å². The summed E-state index contributed by atoms with van der Waals surface area (Å²) < 4.78 is 41.3. The molecule has 1 atom stereocenters. The molecule has 3 aromatic rings. The molecule has 0 saturated carbocycles. The first kappa shape index (κ1) is 19.8. The maximum Gasteiger partial charge on any atom is 0.352 e. The molecule has 0 bridgehead atoms. The molecule has 9 heteroatoms. The predicted molar refractivity (Wildman–Crippen MR) is 106 cm³/mol. The molecule has 0 amide bonds. The zero-order valence-electron chi connectivity index (χ0n) is 16.7. The Balaban J connectivity index is 1.51. The Morgan fingerprint density at radius 2 is 1.93 bits per heavy atom. The van der Waals surface area contributed by atoms with Crippen LogP contribution in [0, 0.1) is 18.6 Å². The molecule has 1 aromatic carbocycles. The van der Waals surface area contributed by atoms with E-state index in [1.165, 1.54) is 12.3 Å². The Kier molecular flexibility index (Phi) is 5.11. The van der Waals surface area contributed by atoms with Gasteiger partial charge < -0.3 is 14.4 Å². The number of aromatic nitrogens is 3. The molecule has 30 heavy (non-hydrogen) atoms. The van der Waals surface area contributed by atoms with Crippen LogP contribution in [0.4, 0.5) is 14.6 Å². The third kappa shape index (κ3) is 3.83. The molecule has 0 unspecified atom stereocenters. The lowest BCUT2D eigenvalue weighted by molar-refractivity contribution is 0.289. The van der Waals surface area contributed by atoms with Crippen LogP contribution >= 0.6 is 0 Å². The quantitative estimate of drug-likeness (QED) is 0.637. The number of likely N-dealkylation sites (N-methyl/N-ethyl adjacent to an activating group) is 1. The average molecular weight is 414 g/mol. The van der Waals surface area contributed by atoms with Crippen LogP contribution in [-0.4, -0.2) is 27.6 Å². The molecule has 0 saturated heterocycles. The fraction of sp³-hybridized carbons (Fsp3) is 0.286. The third-order valence-electron chi connectivity index (χ3n) is 4.97. The van der Waals surface area contributed by atoms with E-state index >= 15 is 0 Å². The Morgan fingerprint density at radius 1 is 1.20 bits per heavy atom. The molecule has 7 nitrogen and oxygen atoms in total.